The van der Waals surface area contributed by atoms with Gasteiger partial charge in [0.2, 0.25) is 5.91 Å². The van der Waals surface area contributed by atoms with Gasteiger partial charge in [-0.15, -0.1) is 0 Å². The first-order valence-corrected chi connectivity index (χ1v) is 11.5. The van der Waals surface area contributed by atoms with Crippen molar-refractivity contribution in [2.24, 2.45) is 5.92 Å². The van der Waals surface area contributed by atoms with Crippen LogP contribution in [0.3, 0.4) is 0 Å². The third-order valence-corrected chi connectivity index (χ3v) is 6.93. The van der Waals surface area contributed by atoms with Crippen LogP contribution in [-0.2, 0) is 11.3 Å². The molecule has 3 aliphatic heterocycles. The fraction of sp³-hybridized carbons (Fsp3) is 0.542. The maximum Gasteiger partial charge on any atom is 0.225 e. The van der Waals surface area contributed by atoms with E-state index in [-0.39, 0.29) is 5.92 Å². The predicted molar refractivity (Wildman–Crippen MR) is 122 cm³/mol. The highest BCUT2D eigenvalue weighted by Gasteiger charge is 2.30. The first-order chi connectivity index (χ1) is 14.6. The molecule has 1 aromatic rings. The van der Waals surface area contributed by atoms with E-state index in [1.165, 1.54) is 11.1 Å². The lowest BCUT2D eigenvalue weighted by Crippen LogP contribution is -2.51. The van der Waals surface area contributed by atoms with Crippen molar-refractivity contribution in [1.29, 1.82) is 0 Å². The number of amides is 1. The summed E-state index contributed by atoms with van der Waals surface area (Å²) in [5.74, 6) is 0.559. The summed E-state index contributed by atoms with van der Waals surface area (Å²) < 4.78 is 0. The summed E-state index contributed by atoms with van der Waals surface area (Å²) in [7, 11) is 2.09. The van der Waals surface area contributed by atoms with Crippen molar-refractivity contribution in [2.75, 3.05) is 59.4 Å². The second-order valence-electron chi connectivity index (χ2n) is 8.78. The number of nitrogens with zero attached hydrogens (tertiary/aromatic N) is 4. The largest absolute Gasteiger partial charge is 0.377 e. The smallest absolute Gasteiger partial charge is 0.225 e. The van der Waals surface area contributed by atoms with Crippen LogP contribution in [0.5, 0.6) is 0 Å². The molecule has 0 spiro atoms. The lowest BCUT2D eigenvalue weighted by molar-refractivity contribution is -0.138. The Morgan fingerprint density at radius 3 is 2.37 bits per heavy atom. The van der Waals surface area contributed by atoms with Gasteiger partial charge in [-0.3, -0.25) is 14.6 Å². The molecule has 1 amide bonds. The number of rotatable bonds is 5. The molecule has 0 N–H and O–H groups in total. The van der Waals surface area contributed by atoms with Gasteiger partial charge in [0.1, 0.15) is 0 Å². The molecule has 0 atom stereocenters. The fourth-order valence-electron chi connectivity index (χ4n) is 4.58. The Balaban J connectivity index is 1.20. The quantitative estimate of drug-likeness (QED) is 0.721. The summed E-state index contributed by atoms with van der Waals surface area (Å²) in [5.41, 5.74) is 2.56. The molecule has 0 bridgehead atoms. The maximum absolute atomic E-state index is 13.0. The van der Waals surface area contributed by atoms with Crippen LogP contribution in [0.1, 0.15) is 18.4 Å². The van der Waals surface area contributed by atoms with Gasteiger partial charge in [-0.2, -0.15) is 0 Å². The second-order valence-corrected chi connectivity index (χ2v) is 9.18. The summed E-state index contributed by atoms with van der Waals surface area (Å²) in [6, 6.07) is 8.04. The molecule has 30 heavy (non-hydrogen) atoms. The van der Waals surface area contributed by atoms with Gasteiger partial charge in [-0.25, -0.2) is 0 Å². The van der Waals surface area contributed by atoms with E-state index in [1.54, 1.807) is 0 Å². The van der Waals surface area contributed by atoms with Crippen LogP contribution >= 0.6 is 11.6 Å². The van der Waals surface area contributed by atoms with Crippen molar-refractivity contribution in [3.63, 3.8) is 0 Å². The van der Waals surface area contributed by atoms with Crippen LogP contribution in [0.4, 0.5) is 0 Å². The maximum atomic E-state index is 13.0. The van der Waals surface area contributed by atoms with Gasteiger partial charge < -0.3 is 9.80 Å². The van der Waals surface area contributed by atoms with E-state index >= 15 is 0 Å². The van der Waals surface area contributed by atoms with Gasteiger partial charge >= 0.3 is 0 Å². The van der Waals surface area contributed by atoms with Crippen molar-refractivity contribution < 1.29 is 4.79 Å². The van der Waals surface area contributed by atoms with E-state index in [0.29, 0.717) is 5.91 Å². The number of halogens is 1. The Bertz CT molecular complexity index is 792. The minimum atomic E-state index is 0.193. The Hall–Kier alpha value is -1.82. The Kier molecular flexibility index (Phi) is 7.13. The van der Waals surface area contributed by atoms with E-state index in [2.05, 4.69) is 51.1 Å². The third-order valence-electron chi connectivity index (χ3n) is 6.56. The number of likely N-dealkylation sites (tertiary alicyclic amines) is 1. The molecule has 2 saturated heterocycles. The molecular formula is C24H33ClN4O. The first kappa shape index (κ1) is 21.4. The number of piperidine rings is 1. The molecule has 0 radical (unpaired) electrons. The van der Waals surface area contributed by atoms with E-state index < -0.39 is 0 Å². The summed E-state index contributed by atoms with van der Waals surface area (Å²) in [5, 5.41) is 0.828. The SMILES string of the molecule is CN1C=CC(CN2CCC(C(=O)N3CCN(Cc4ccccc4Cl)CC3)CC2)=CC1. The number of hydrogen-bond acceptors (Lipinski definition) is 4. The molecule has 3 aliphatic rings. The highest BCUT2D eigenvalue weighted by molar-refractivity contribution is 6.31. The fourth-order valence-corrected chi connectivity index (χ4v) is 4.77. The van der Waals surface area contributed by atoms with Crippen LogP contribution in [0.25, 0.3) is 0 Å². The van der Waals surface area contributed by atoms with Crippen molar-refractivity contribution in [3.8, 4) is 0 Å². The van der Waals surface area contributed by atoms with E-state index in [1.807, 2.05) is 18.2 Å². The van der Waals surface area contributed by atoms with E-state index in [4.69, 9.17) is 11.6 Å². The van der Waals surface area contributed by atoms with Crippen LogP contribution in [0, 0.1) is 5.92 Å². The second kappa shape index (κ2) is 9.99. The Morgan fingerprint density at radius 1 is 1.00 bits per heavy atom. The molecule has 6 heteroatoms. The highest BCUT2D eigenvalue weighted by Crippen LogP contribution is 2.23. The number of hydrogen-bond donors (Lipinski definition) is 0. The molecule has 3 heterocycles. The monoisotopic (exact) mass is 428 g/mol. The standard InChI is InChI=1S/C24H33ClN4O/c1-26-10-6-20(7-11-26)18-27-12-8-21(9-13-27)24(30)29-16-14-28(15-17-29)19-22-4-2-3-5-23(22)25/h2-7,10,21H,8-9,11-19H2,1H3. The van der Waals surface area contributed by atoms with Gasteiger partial charge in [-0.05, 0) is 55.4 Å². The Morgan fingerprint density at radius 2 is 1.70 bits per heavy atom. The van der Waals surface area contributed by atoms with Crippen molar-refractivity contribution in [3.05, 3.63) is 58.8 Å². The van der Waals surface area contributed by atoms with Gasteiger partial charge in [0, 0.05) is 63.8 Å². The number of benzene rings is 1. The molecule has 2 fully saturated rings. The average Bonchev–Trinajstić information content (AvgIpc) is 2.77. The van der Waals surface area contributed by atoms with E-state index in [0.717, 1.165) is 76.8 Å². The summed E-state index contributed by atoms with van der Waals surface area (Å²) in [6.07, 6.45) is 8.63. The van der Waals surface area contributed by atoms with Crippen molar-refractivity contribution >= 4 is 17.5 Å². The van der Waals surface area contributed by atoms with Crippen molar-refractivity contribution in [2.45, 2.75) is 19.4 Å². The molecule has 4 rings (SSSR count). The van der Waals surface area contributed by atoms with Crippen LogP contribution in [0.2, 0.25) is 5.02 Å². The number of carbonyl (C=O) groups excluding carboxylic acids is 1. The Labute approximate surface area is 185 Å². The summed E-state index contributed by atoms with van der Waals surface area (Å²) >= 11 is 6.30. The van der Waals surface area contributed by atoms with Crippen molar-refractivity contribution in [1.82, 2.24) is 19.6 Å². The zero-order valence-electron chi connectivity index (χ0n) is 18.0. The van der Waals surface area contributed by atoms with Gasteiger partial charge in [0.15, 0.2) is 0 Å². The molecule has 0 unspecified atom stereocenters. The number of piperazine rings is 1. The molecule has 1 aromatic carbocycles. The molecule has 162 valence electrons. The van der Waals surface area contributed by atoms with Gasteiger partial charge in [0.05, 0.1) is 0 Å². The molecule has 5 nitrogen and oxygen atoms in total. The normalized spacial score (nSPS) is 21.7. The minimum absolute atomic E-state index is 0.193. The van der Waals surface area contributed by atoms with Crippen LogP contribution < -0.4 is 0 Å². The third kappa shape index (κ3) is 5.45. The lowest BCUT2D eigenvalue weighted by Gasteiger charge is -2.38. The molecule has 0 aromatic heterocycles. The first-order valence-electron chi connectivity index (χ1n) is 11.1. The zero-order valence-corrected chi connectivity index (χ0v) is 18.7. The minimum Gasteiger partial charge on any atom is -0.377 e. The van der Waals surface area contributed by atoms with Crippen LogP contribution in [-0.4, -0.2) is 84.9 Å². The van der Waals surface area contributed by atoms with Gasteiger partial charge in [0.25, 0.3) is 0 Å². The lowest BCUT2D eigenvalue weighted by atomic mass is 9.94. The molecular weight excluding hydrogens is 396 g/mol. The number of likely N-dealkylation sites (N-methyl/N-ethyl adjacent to an activating group) is 1. The summed E-state index contributed by atoms with van der Waals surface area (Å²) in [4.78, 5) is 22.2. The zero-order chi connectivity index (χ0) is 20.9. The topological polar surface area (TPSA) is 30.0 Å². The van der Waals surface area contributed by atoms with Crippen LogP contribution in [0.15, 0.2) is 48.2 Å². The molecule has 0 aliphatic carbocycles. The summed E-state index contributed by atoms with van der Waals surface area (Å²) in [6.45, 7) is 8.39. The number of carbonyl (C=O) groups is 1. The van der Waals surface area contributed by atoms with Gasteiger partial charge in [-0.1, -0.05) is 35.9 Å². The molecule has 0 saturated carbocycles. The highest BCUT2D eigenvalue weighted by atomic mass is 35.5. The average molecular weight is 429 g/mol. The predicted octanol–water partition coefficient (Wildman–Crippen LogP) is 3.08. The van der Waals surface area contributed by atoms with E-state index in [9.17, 15) is 4.79 Å².